The number of nitrogens with one attached hydrogen (secondary N) is 1. The van der Waals surface area contributed by atoms with Crippen molar-refractivity contribution in [3.63, 3.8) is 0 Å². The predicted octanol–water partition coefficient (Wildman–Crippen LogP) is 3.43. The van der Waals surface area contributed by atoms with Crippen LogP contribution < -0.4 is 10.1 Å². The zero-order chi connectivity index (χ0) is 16.7. The van der Waals surface area contributed by atoms with Gasteiger partial charge in [0.2, 0.25) is 0 Å². The average molecular weight is 336 g/mol. The van der Waals surface area contributed by atoms with Crippen molar-refractivity contribution in [1.82, 2.24) is 5.32 Å². The van der Waals surface area contributed by atoms with Crippen molar-refractivity contribution in [2.75, 3.05) is 13.2 Å². The zero-order valence-electron chi connectivity index (χ0n) is 11.9. The normalized spacial score (nSPS) is 9.70. The van der Waals surface area contributed by atoms with Gasteiger partial charge in [0.05, 0.1) is 17.1 Å². The summed E-state index contributed by atoms with van der Waals surface area (Å²) in [5.41, 5.74) is 0.362. The van der Waals surface area contributed by atoms with E-state index in [4.69, 9.17) is 16.3 Å². The Morgan fingerprint density at radius 2 is 1.96 bits per heavy atom. The zero-order valence-corrected chi connectivity index (χ0v) is 12.7. The first kappa shape index (κ1) is 16.8. The maximum atomic E-state index is 13.3. The lowest BCUT2D eigenvalue weighted by atomic mass is 10.2. The van der Waals surface area contributed by atoms with Gasteiger partial charge in [-0.2, -0.15) is 0 Å². The van der Waals surface area contributed by atoms with E-state index in [-0.39, 0.29) is 24.8 Å². The minimum atomic E-state index is -0.793. The van der Waals surface area contributed by atoms with Crippen LogP contribution in [0.25, 0.3) is 0 Å². The minimum Gasteiger partial charge on any atom is -0.478 e. The van der Waals surface area contributed by atoms with Gasteiger partial charge in [0.1, 0.15) is 12.4 Å². The minimum absolute atomic E-state index is 0.0789. The molecule has 118 valence electrons. The van der Waals surface area contributed by atoms with Gasteiger partial charge in [0.15, 0.2) is 11.6 Å². The molecule has 6 heteroatoms. The van der Waals surface area contributed by atoms with E-state index >= 15 is 0 Å². The van der Waals surface area contributed by atoms with Crippen LogP contribution in [-0.4, -0.2) is 19.1 Å². The van der Waals surface area contributed by atoms with Gasteiger partial charge in [0, 0.05) is 6.07 Å². The van der Waals surface area contributed by atoms with Crippen LogP contribution in [0.4, 0.5) is 8.78 Å². The summed E-state index contributed by atoms with van der Waals surface area (Å²) in [6.07, 6.45) is 0. The third kappa shape index (κ3) is 4.97. The summed E-state index contributed by atoms with van der Waals surface area (Å²) in [5, 5.41) is 2.94. The number of hydrogen-bond donors (Lipinski definition) is 1. The van der Waals surface area contributed by atoms with Crippen molar-refractivity contribution >= 4 is 17.5 Å². The van der Waals surface area contributed by atoms with E-state index in [0.717, 1.165) is 12.1 Å². The molecule has 0 atom stereocenters. The van der Waals surface area contributed by atoms with E-state index in [0.29, 0.717) is 10.6 Å². The highest BCUT2D eigenvalue weighted by Gasteiger charge is 2.07. The summed E-state index contributed by atoms with van der Waals surface area (Å²) in [5.74, 6) is 3.39. The van der Waals surface area contributed by atoms with Crippen LogP contribution in [0, 0.1) is 23.5 Å². The molecule has 0 unspecified atom stereocenters. The van der Waals surface area contributed by atoms with Crippen LogP contribution in [0.15, 0.2) is 42.5 Å². The van der Waals surface area contributed by atoms with Crippen molar-refractivity contribution in [2.24, 2.45) is 0 Å². The number of carbonyl (C=O) groups excluding carboxylic acids is 1. The molecule has 0 radical (unpaired) electrons. The summed E-state index contributed by atoms with van der Waals surface area (Å²) < 4.78 is 31.0. The largest absolute Gasteiger partial charge is 0.478 e. The summed E-state index contributed by atoms with van der Waals surface area (Å²) in [6, 6.07) is 9.66. The average Bonchev–Trinajstić information content (AvgIpc) is 2.52. The Labute approximate surface area is 137 Å². The first-order valence-electron chi connectivity index (χ1n) is 6.64. The topological polar surface area (TPSA) is 38.3 Å². The molecule has 0 fully saturated rings. The molecule has 23 heavy (non-hydrogen) atoms. The lowest BCUT2D eigenvalue weighted by Crippen LogP contribution is -2.23. The molecular formula is C17H12ClF2NO2. The molecule has 1 amide bonds. The molecule has 0 saturated heterocycles. The summed E-state index contributed by atoms with van der Waals surface area (Å²) in [7, 11) is 0. The highest BCUT2D eigenvalue weighted by molar-refractivity contribution is 6.33. The van der Waals surface area contributed by atoms with Gasteiger partial charge in [-0.15, -0.1) is 0 Å². The third-order valence-electron chi connectivity index (χ3n) is 2.77. The smallest absolute Gasteiger partial charge is 0.253 e. The number of ether oxygens (including phenoxy) is 1. The molecule has 2 aromatic carbocycles. The summed E-state index contributed by atoms with van der Waals surface area (Å²) in [4.78, 5) is 11.8. The highest BCUT2D eigenvalue weighted by atomic mass is 35.5. The summed E-state index contributed by atoms with van der Waals surface area (Å²) >= 11 is 5.90. The number of halogens is 3. The van der Waals surface area contributed by atoms with E-state index in [1.165, 1.54) is 6.07 Å². The number of amides is 1. The predicted molar refractivity (Wildman–Crippen MR) is 83.4 cm³/mol. The fraction of sp³-hybridized carbons (Fsp3) is 0.118. The van der Waals surface area contributed by atoms with Crippen molar-refractivity contribution in [1.29, 1.82) is 0 Å². The Balaban J connectivity index is 1.78. The molecule has 0 saturated carbocycles. The van der Waals surface area contributed by atoms with Crippen molar-refractivity contribution < 1.29 is 18.3 Å². The second kappa shape index (κ2) is 8.16. The number of rotatable bonds is 4. The van der Waals surface area contributed by atoms with Gasteiger partial charge in [-0.3, -0.25) is 4.79 Å². The molecular weight excluding hydrogens is 324 g/mol. The molecule has 0 aliphatic rings. The van der Waals surface area contributed by atoms with E-state index in [1.807, 2.05) is 0 Å². The van der Waals surface area contributed by atoms with Crippen LogP contribution in [-0.2, 0) is 0 Å². The van der Waals surface area contributed by atoms with Gasteiger partial charge >= 0.3 is 0 Å². The maximum Gasteiger partial charge on any atom is 0.253 e. The molecule has 0 aromatic heterocycles. The number of carbonyl (C=O) groups is 1. The Bertz CT molecular complexity index is 769. The Morgan fingerprint density at radius 1 is 1.17 bits per heavy atom. The van der Waals surface area contributed by atoms with Crippen molar-refractivity contribution in [2.45, 2.75) is 0 Å². The van der Waals surface area contributed by atoms with Gasteiger partial charge < -0.3 is 10.1 Å². The fourth-order valence-electron chi connectivity index (χ4n) is 1.68. The van der Waals surface area contributed by atoms with Crippen LogP contribution >= 0.6 is 11.6 Å². The maximum absolute atomic E-state index is 13.3. The van der Waals surface area contributed by atoms with E-state index < -0.39 is 11.6 Å². The molecule has 0 aliphatic carbocycles. The van der Waals surface area contributed by atoms with Crippen LogP contribution in [0.3, 0.4) is 0 Å². The Kier molecular flexibility index (Phi) is 5.95. The molecule has 0 aliphatic heterocycles. The molecule has 0 heterocycles. The van der Waals surface area contributed by atoms with E-state index in [9.17, 15) is 13.6 Å². The van der Waals surface area contributed by atoms with Gasteiger partial charge in [-0.1, -0.05) is 35.6 Å². The molecule has 0 spiro atoms. The standard InChI is InChI=1S/C17H12ClF2NO2/c18-14-6-2-1-5-13(14)17(22)21-9-3-4-10-23-16-8-7-12(19)11-15(16)20/h1-2,5-8,11H,9-10H2,(H,21,22). The molecule has 0 bridgehead atoms. The lowest BCUT2D eigenvalue weighted by molar-refractivity contribution is 0.0959. The monoisotopic (exact) mass is 335 g/mol. The van der Waals surface area contributed by atoms with E-state index in [2.05, 4.69) is 17.2 Å². The molecule has 2 aromatic rings. The molecule has 3 nitrogen and oxygen atoms in total. The van der Waals surface area contributed by atoms with Gasteiger partial charge in [-0.05, 0) is 24.3 Å². The molecule has 1 N–H and O–H groups in total. The number of hydrogen-bond acceptors (Lipinski definition) is 2. The second-order valence-electron chi connectivity index (χ2n) is 4.38. The van der Waals surface area contributed by atoms with Crippen molar-refractivity contribution in [3.8, 4) is 17.6 Å². The van der Waals surface area contributed by atoms with Crippen LogP contribution in [0.5, 0.6) is 5.75 Å². The third-order valence-corrected chi connectivity index (χ3v) is 3.10. The fourth-order valence-corrected chi connectivity index (χ4v) is 1.91. The lowest BCUT2D eigenvalue weighted by Gasteiger charge is -2.03. The first-order valence-corrected chi connectivity index (χ1v) is 7.02. The SMILES string of the molecule is O=C(NCC#CCOc1ccc(F)cc1F)c1ccccc1Cl. The molecule has 2 rings (SSSR count). The summed E-state index contributed by atoms with van der Waals surface area (Å²) in [6.45, 7) is 0.0177. The quantitative estimate of drug-likeness (QED) is 0.869. The van der Waals surface area contributed by atoms with Gasteiger partial charge in [0.25, 0.3) is 5.91 Å². The van der Waals surface area contributed by atoms with Gasteiger partial charge in [-0.25, -0.2) is 8.78 Å². The first-order chi connectivity index (χ1) is 11.1. The second-order valence-corrected chi connectivity index (χ2v) is 4.79. The Morgan fingerprint density at radius 3 is 2.70 bits per heavy atom. The van der Waals surface area contributed by atoms with Crippen LogP contribution in [0.1, 0.15) is 10.4 Å². The van der Waals surface area contributed by atoms with Crippen molar-refractivity contribution in [3.05, 3.63) is 64.7 Å². The number of benzene rings is 2. The Hall–Kier alpha value is -2.58. The van der Waals surface area contributed by atoms with E-state index in [1.54, 1.807) is 24.3 Å². The van der Waals surface area contributed by atoms with Crippen LogP contribution in [0.2, 0.25) is 5.02 Å². The highest BCUT2D eigenvalue weighted by Crippen LogP contribution is 2.17.